The zero-order valence-electron chi connectivity index (χ0n) is 50.1. The topological polar surface area (TPSA) is 33.5 Å². The predicted molar refractivity (Wildman–Crippen MR) is 339 cm³/mol. The van der Waals surface area contributed by atoms with Gasteiger partial charge in [-0.3, -0.25) is 0 Å². The monoisotopic (exact) mass is 1250 g/mol. The van der Waals surface area contributed by atoms with Crippen molar-refractivity contribution in [3.8, 4) is 28.4 Å². The molecule has 5 nitrogen and oxygen atoms in total. The third-order valence-electron chi connectivity index (χ3n) is 16.6. The quantitative estimate of drug-likeness (QED) is 0.114. The first-order valence-corrected chi connectivity index (χ1v) is 28.2. The number of hydrogen-bond acceptors (Lipinski definition) is 4. The summed E-state index contributed by atoms with van der Waals surface area (Å²) < 4.78 is 9.25. The Morgan fingerprint density at radius 2 is 1.07 bits per heavy atom. The van der Waals surface area contributed by atoms with E-state index in [1.165, 1.54) is 50.1 Å². The molecule has 2 aromatic heterocycles. The Labute approximate surface area is 498 Å². The Balaban J connectivity index is 0.00000396. The number of rotatable bonds is 12. The van der Waals surface area contributed by atoms with Gasteiger partial charge in [-0.25, -0.2) is 4.98 Å². The Hall–Kier alpha value is -7.20. The normalized spacial score (nSPS) is 13.0. The van der Waals surface area contributed by atoms with Crippen LogP contribution in [0.4, 0.5) is 22.7 Å². The van der Waals surface area contributed by atoms with Gasteiger partial charge in [0.1, 0.15) is 5.82 Å². The maximum atomic E-state index is 7.03. The molecule has 0 unspecified atom stereocenters. The predicted octanol–water partition coefficient (Wildman–Crippen LogP) is 20.6. The Bertz CT molecular complexity index is 3800. The molecule has 6 heteroatoms. The summed E-state index contributed by atoms with van der Waals surface area (Å²) in [4.78, 5) is 9.67. The number of pyridine rings is 1. The minimum atomic E-state index is -0.312. The number of fused-ring (bicyclic) bond motifs is 4. The second kappa shape index (κ2) is 22.3. The van der Waals surface area contributed by atoms with Crippen molar-refractivity contribution in [1.82, 2.24) is 9.55 Å². The van der Waals surface area contributed by atoms with Gasteiger partial charge in [0.05, 0.1) is 0 Å². The molecule has 10 aromatic rings. The Morgan fingerprint density at radius 1 is 0.481 bits per heavy atom. The molecule has 0 amide bonds. The fraction of sp³-hybridized carbons (Fsp3) is 0.267. The number of para-hydroxylation sites is 1. The molecule has 3 heterocycles. The smallest absolute Gasteiger partial charge is 0.509 e. The van der Waals surface area contributed by atoms with E-state index < -0.39 is 0 Å². The van der Waals surface area contributed by atoms with E-state index in [9.17, 15) is 0 Å². The SMILES string of the molecule is CC(C)c1cccc(C(C)C)c1-c1ccc2c(c1)N(c1cc(C(C)(C)c3ccccc3)cc(C(C)(C)c3ccccc3)c1)[CH-]N2c1[c-]c(Oc2[c-]c3c(cc2)c2ccccc2n3-c2cc(C(C)(C)C)ccn2)cc(C(C)(C)C)c1.[CH3-].[Pt+4]. The molecule has 81 heavy (non-hydrogen) atoms. The van der Waals surface area contributed by atoms with Crippen LogP contribution >= 0.6 is 0 Å². The second-order valence-electron chi connectivity index (χ2n) is 25.5. The molecule has 0 spiro atoms. The number of benzene rings is 8. The molecule has 0 saturated carbocycles. The number of ether oxygens (including phenoxy) is 1. The van der Waals surface area contributed by atoms with E-state index >= 15 is 0 Å². The minimum Gasteiger partial charge on any atom is -0.509 e. The molecule has 0 aliphatic carbocycles. The van der Waals surface area contributed by atoms with Gasteiger partial charge in [0.25, 0.3) is 0 Å². The van der Waals surface area contributed by atoms with Crippen molar-refractivity contribution < 1.29 is 25.8 Å². The largest absolute Gasteiger partial charge is 4.00 e. The first-order valence-electron chi connectivity index (χ1n) is 28.2. The van der Waals surface area contributed by atoms with Gasteiger partial charge in [0.15, 0.2) is 0 Å². The molecule has 414 valence electrons. The summed E-state index contributed by atoms with van der Waals surface area (Å²) in [5, 5.41) is 2.23. The van der Waals surface area contributed by atoms with Gasteiger partial charge < -0.3 is 26.5 Å². The summed E-state index contributed by atoms with van der Waals surface area (Å²) in [5.41, 5.74) is 17.8. The summed E-state index contributed by atoms with van der Waals surface area (Å²) in [7, 11) is 0. The van der Waals surface area contributed by atoms with Crippen LogP contribution in [0.1, 0.15) is 153 Å². The van der Waals surface area contributed by atoms with Crippen molar-refractivity contribution in [3.05, 3.63) is 253 Å². The zero-order chi connectivity index (χ0) is 55.8. The van der Waals surface area contributed by atoms with E-state index in [0.717, 1.165) is 55.9 Å². The van der Waals surface area contributed by atoms with Crippen LogP contribution in [0, 0.1) is 26.2 Å². The van der Waals surface area contributed by atoms with Gasteiger partial charge in [0, 0.05) is 51.1 Å². The van der Waals surface area contributed by atoms with Crippen LogP contribution in [0.2, 0.25) is 0 Å². The van der Waals surface area contributed by atoms with E-state index in [0.29, 0.717) is 23.3 Å². The molecule has 1 aliphatic rings. The molecular formula is C75H78N4OPt. The fourth-order valence-electron chi connectivity index (χ4n) is 11.6. The van der Waals surface area contributed by atoms with E-state index in [-0.39, 0.29) is 50.2 Å². The number of aromatic nitrogens is 2. The third kappa shape index (κ3) is 11.0. The zero-order valence-corrected chi connectivity index (χ0v) is 52.3. The molecule has 11 rings (SSSR count). The molecule has 8 aromatic carbocycles. The Morgan fingerprint density at radius 3 is 1.67 bits per heavy atom. The molecule has 0 bridgehead atoms. The van der Waals surface area contributed by atoms with Crippen molar-refractivity contribution in [3.63, 3.8) is 0 Å². The average Bonchev–Trinajstić information content (AvgIpc) is 4.02. The molecular weight excluding hydrogens is 1170 g/mol. The Kier molecular flexibility index (Phi) is 16.1. The third-order valence-corrected chi connectivity index (χ3v) is 16.6. The molecule has 1 aliphatic heterocycles. The number of nitrogens with zero attached hydrogens (tertiary/aromatic N) is 4. The standard InChI is InChI=1S/C74H75N4O.CH3.Pt/c1-48(2)61-29-23-30-62(49(3)4)70(61)50-32-35-66-68(38-50)77(57-41-55(73(11,12)51-24-17-15-18-25-51)39-56(42-57)74(13,14)52-26-19-16-20-27-52)47-76(66)58-40-54(72(8,9)10)43-60(45-58)79-59-33-34-64-63-28-21-22-31-65(63)78(67(64)46-59)69-44-53(36-37-75-69)71(5,6)7;;/h15-44,47-49H,1-14H3;1H3;/q-3;-1;+4. The molecule has 0 atom stereocenters. The van der Waals surface area contributed by atoms with Crippen LogP contribution < -0.4 is 14.5 Å². The van der Waals surface area contributed by atoms with Crippen LogP contribution in [-0.2, 0) is 42.7 Å². The molecule has 0 saturated heterocycles. The average molecular weight is 1250 g/mol. The van der Waals surface area contributed by atoms with Crippen molar-refractivity contribution in [2.45, 2.75) is 130 Å². The first-order chi connectivity index (χ1) is 37.6. The number of hydrogen-bond donors (Lipinski definition) is 0. The van der Waals surface area contributed by atoms with Crippen LogP contribution in [0.3, 0.4) is 0 Å². The summed E-state index contributed by atoms with van der Waals surface area (Å²) >= 11 is 0. The van der Waals surface area contributed by atoms with Crippen molar-refractivity contribution in [2.24, 2.45) is 0 Å². The van der Waals surface area contributed by atoms with Gasteiger partial charge in [-0.05, 0) is 121 Å². The maximum absolute atomic E-state index is 7.03. The van der Waals surface area contributed by atoms with Crippen molar-refractivity contribution in [2.75, 3.05) is 9.80 Å². The summed E-state index contributed by atoms with van der Waals surface area (Å²) in [6.07, 6.45) is 1.92. The van der Waals surface area contributed by atoms with Gasteiger partial charge >= 0.3 is 21.1 Å². The first kappa shape index (κ1) is 58.5. The van der Waals surface area contributed by atoms with E-state index in [1.807, 2.05) is 12.3 Å². The van der Waals surface area contributed by atoms with Gasteiger partial charge in [0.2, 0.25) is 0 Å². The fourth-order valence-corrected chi connectivity index (χ4v) is 11.6. The maximum Gasteiger partial charge on any atom is 4.00 e. The van der Waals surface area contributed by atoms with Crippen LogP contribution in [0.15, 0.2) is 182 Å². The van der Waals surface area contributed by atoms with Gasteiger partial charge in [-0.15, -0.1) is 53.6 Å². The van der Waals surface area contributed by atoms with E-state index in [2.05, 4.69) is 300 Å². The summed E-state index contributed by atoms with van der Waals surface area (Å²) in [6.45, 7) is 34.4. The second-order valence-corrected chi connectivity index (χ2v) is 25.5. The van der Waals surface area contributed by atoms with E-state index in [1.54, 1.807) is 0 Å². The molecule has 0 fully saturated rings. The van der Waals surface area contributed by atoms with Gasteiger partial charge in [-0.2, -0.15) is 6.07 Å². The molecule has 0 N–H and O–H groups in total. The minimum absolute atomic E-state index is 0. The van der Waals surface area contributed by atoms with Gasteiger partial charge in [-0.1, -0.05) is 212 Å². The summed E-state index contributed by atoms with van der Waals surface area (Å²) in [5.74, 6) is 2.75. The van der Waals surface area contributed by atoms with Crippen LogP contribution in [0.5, 0.6) is 11.5 Å². The van der Waals surface area contributed by atoms with Crippen LogP contribution in [-0.4, -0.2) is 9.55 Å². The van der Waals surface area contributed by atoms with Crippen molar-refractivity contribution in [1.29, 1.82) is 0 Å². The number of anilines is 4. The molecule has 0 radical (unpaired) electrons. The summed E-state index contributed by atoms with van der Waals surface area (Å²) in [6, 6.07) is 72.1. The van der Waals surface area contributed by atoms with E-state index in [4.69, 9.17) is 9.72 Å². The van der Waals surface area contributed by atoms with Crippen molar-refractivity contribution >= 4 is 44.6 Å². The van der Waals surface area contributed by atoms with Crippen LogP contribution in [0.25, 0.3) is 38.8 Å².